The average molecular weight is 917 g/mol. The van der Waals surface area contributed by atoms with Crippen LogP contribution in [0.4, 0.5) is 17.1 Å². The van der Waals surface area contributed by atoms with E-state index >= 15 is 0 Å². The van der Waals surface area contributed by atoms with Gasteiger partial charge < -0.3 is 9.47 Å². The van der Waals surface area contributed by atoms with Crippen molar-refractivity contribution in [1.29, 1.82) is 0 Å². The predicted octanol–water partition coefficient (Wildman–Crippen LogP) is 19.4. The first-order valence-corrected chi connectivity index (χ1v) is 24.7. The smallest absolute Gasteiger partial charge is 0.0541 e. The molecule has 1 aromatic heterocycles. The molecule has 0 atom stereocenters. The molecule has 0 radical (unpaired) electrons. The van der Waals surface area contributed by atoms with Gasteiger partial charge in [-0.25, -0.2) is 0 Å². The van der Waals surface area contributed by atoms with Crippen molar-refractivity contribution in [2.24, 2.45) is 0 Å². The van der Waals surface area contributed by atoms with Crippen LogP contribution in [0.2, 0.25) is 0 Å². The highest BCUT2D eigenvalue weighted by Crippen LogP contribution is 2.40. The van der Waals surface area contributed by atoms with E-state index in [0.717, 1.165) is 22.7 Å². The Kier molecular flexibility index (Phi) is 10.9. The molecule has 0 amide bonds. The fourth-order valence-corrected chi connectivity index (χ4v) is 10.5. The van der Waals surface area contributed by atoms with Crippen LogP contribution in [0.1, 0.15) is 0 Å². The lowest BCUT2D eigenvalue weighted by Gasteiger charge is -2.26. The molecule has 0 spiro atoms. The highest BCUT2D eigenvalue weighted by atomic mass is 15.1. The fourth-order valence-electron chi connectivity index (χ4n) is 10.5. The third-order valence-electron chi connectivity index (χ3n) is 14.2. The number of para-hydroxylation sites is 2. The van der Waals surface area contributed by atoms with Crippen LogP contribution >= 0.6 is 0 Å². The lowest BCUT2D eigenvalue weighted by Crippen LogP contribution is -2.09. The number of rotatable bonds is 10. The Morgan fingerprint density at radius 1 is 0.208 bits per heavy atom. The third-order valence-corrected chi connectivity index (χ3v) is 14.2. The molecule has 2 heteroatoms. The molecule has 13 rings (SSSR count). The van der Waals surface area contributed by atoms with Crippen LogP contribution < -0.4 is 4.90 Å². The lowest BCUT2D eigenvalue weighted by atomic mass is 9.97. The second-order valence-corrected chi connectivity index (χ2v) is 18.6. The molecule has 0 aliphatic rings. The van der Waals surface area contributed by atoms with Gasteiger partial charge in [0.15, 0.2) is 0 Å². The zero-order valence-corrected chi connectivity index (χ0v) is 39.6. The largest absolute Gasteiger partial charge is 0.311 e. The van der Waals surface area contributed by atoms with Crippen LogP contribution in [0.25, 0.3) is 105 Å². The topological polar surface area (TPSA) is 8.17 Å². The number of anilines is 3. The van der Waals surface area contributed by atoms with E-state index in [1.165, 1.54) is 99.3 Å². The molecule has 0 unspecified atom stereocenters. The monoisotopic (exact) mass is 916 g/mol. The SMILES string of the molecule is c1ccc(-c2ccc(-c3ccc(N(c4ccc(-c5ccc(-c6cccc(-n7c8ccccc8c8ccccc87)c6)cc5)cc4)c4ccc(-c5cccc(-c6ccc7ccccc7c6)c5)cc4)cc3)cc2)cc1. The van der Waals surface area contributed by atoms with E-state index in [4.69, 9.17) is 0 Å². The number of nitrogens with zero attached hydrogens (tertiary/aromatic N) is 2. The minimum Gasteiger partial charge on any atom is -0.311 e. The summed E-state index contributed by atoms with van der Waals surface area (Å²) in [6.45, 7) is 0. The summed E-state index contributed by atoms with van der Waals surface area (Å²) in [5, 5.41) is 5.04. The highest BCUT2D eigenvalue weighted by Gasteiger charge is 2.16. The molecule has 72 heavy (non-hydrogen) atoms. The van der Waals surface area contributed by atoms with Crippen molar-refractivity contribution in [3.63, 3.8) is 0 Å². The molecule has 0 saturated carbocycles. The molecule has 1 heterocycles. The van der Waals surface area contributed by atoms with Gasteiger partial charge in [-0.15, -0.1) is 0 Å². The zero-order valence-electron chi connectivity index (χ0n) is 39.6. The molecule has 12 aromatic carbocycles. The van der Waals surface area contributed by atoms with Gasteiger partial charge in [-0.2, -0.15) is 0 Å². The summed E-state index contributed by atoms with van der Waals surface area (Å²) < 4.78 is 2.38. The minimum atomic E-state index is 1.09. The Balaban J connectivity index is 0.802. The Morgan fingerprint density at radius 2 is 0.542 bits per heavy atom. The van der Waals surface area contributed by atoms with Crippen LogP contribution in [0.3, 0.4) is 0 Å². The van der Waals surface area contributed by atoms with E-state index in [2.05, 4.69) is 301 Å². The maximum atomic E-state index is 2.38. The molecule has 0 fully saturated rings. The first-order chi connectivity index (χ1) is 35.7. The number of benzene rings is 12. The molecule has 0 N–H and O–H groups in total. The van der Waals surface area contributed by atoms with Crippen molar-refractivity contribution in [3.8, 4) is 72.4 Å². The van der Waals surface area contributed by atoms with Crippen LogP contribution in [0.15, 0.2) is 291 Å². The van der Waals surface area contributed by atoms with Crippen molar-refractivity contribution in [3.05, 3.63) is 291 Å². The summed E-state index contributed by atoms with van der Waals surface area (Å²) >= 11 is 0. The van der Waals surface area contributed by atoms with Crippen molar-refractivity contribution in [2.45, 2.75) is 0 Å². The van der Waals surface area contributed by atoms with Gasteiger partial charge in [0.25, 0.3) is 0 Å². The van der Waals surface area contributed by atoms with E-state index < -0.39 is 0 Å². The maximum absolute atomic E-state index is 2.38. The summed E-state index contributed by atoms with van der Waals surface area (Å²) in [6, 6.07) is 106. The molecule has 0 aliphatic carbocycles. The van der Waals surface area contributed by atoms with Crippen LogP contribution in [0.5, 0.6) is 0 Å². The van der Waals surface area contributed by atoms with E-state index in [-0.39, 0.29) is 0 Å². The molecule has 0 bridgehead atoms. The summed E-state index contributed by atoms with van der Waals surface area (Å²) in [4.78, 5) is 2.36. The third kappa shape index (κ3) is 8.11. The summed E-state index contributed by atoms with van der Waals surface area (Å²) in [6.07, 6.45) is 0. The van der Waals surface area contributed by atoms with Crippen LogP contribution in [0, 0.1) is 0 Å². The molecular formula is C70H48N2. The molecule has 0 saturated heterocycles. The Hall–Kier alpha value is -9.50. The first kappa shape index (κ1) is 42.6. The molecule has 2 nitrogen and oxygen atoms in total. The summed E-state index contributed by atoms with van der Waals surface area (Å²) in [5.41, 5.74) is 21.1. The normalized spacial score (nSPS) is 11.3. The molecule has 338 valence electrons. The van der Waals surface area contributed by atoms with Gasteiger partial charge in [0.05, 0.1) is 11.0 Å². The number of hydrogen-bond donors (Lipinski definition) is 0. The number of hydrogen-bond acceptors (Lipinski definition) is 1. The van der Waals surface area contributed by atoms with E-state index in [9.17, 15) is 0 Å². The predicted molar refractivity (Wildman–Crippen MR) is 306 cm³/mol. The van der Waals surface area contributed by atoms with Gasteiger partial charge in [0, 0.05) is 33.5 Å². The van der Waals surface area contributed by atoms with Crippen molar-refractivity contribution < 1.29 is 0 Å². The lowest BCUT2D eigenvalue weighted by molar-refractivity contribution is 1.18. The zero-order chi connectivity index (χ0) is 47.8. The van der Waals surface area contributed by atoms with Crippen molar-refractivity contribution in [1.82, 2.24) is 4.57 Å². The van der Waals surface area contributed by atoms with Gasteiger partial charge in [-0.05, 0) is 150 Å². The van der Waals surface area contributed by atoms with Crippen molar-refractivity contribution in [2.75, 3.05) is 4.90 Å². The quantitative estimate of drug-likeness (QED) is 0.133. The van der Waals surface area contributed by atoms with Gasteiger partial charge in [0.1, 0.15) is 0 Å². The van der Waals surface area contributed by atoms with E-state index in [0.29, 0.717) is 0 Å². The highest BCUT2D eigenvalue weighted by molar-refractivity contribution is 6.09. The van der Waals surface area contributed by atoms with E-state index in [1.807, 2.05) is 0 Å². The van der Waals surface area contributed by atoms with Gasteiger partial charge in [0.2, 0.25) is 0 Å². The maximum Gasteiger partial charge on any atom is 0.0541 e. The average Bonchev–Trinajstić information content (AvgIpc) is 3.80. The molecule has 13 aromatic rings. The van der Waals surface area contributed by atoms with E-state index in [1.54, 1.807) is 0 Å². The number of fused-ring (bicyclic) bond motifs is 4. The summed E-state index contributed by atoms with van der Waals surface area (Å²) in [5.74, 6) is 0. The Bertz CT molecular complexity index is 3980. The van der Waals surface area contributed by atoms with Crippen LogP contribution in [-0.4, -0.2) is 4.57 Å². The summed E-state index contributed by atoms with van der Waals surface area (Å²) in [7, 11) is 0. The first-order valence-electron chi connectivity index (χ1n) is 24.7. The second-order valence-electron chi connectivity index (χ2n) is 18.6. The van der Waals surface area contributed by atoms with Crippen molar-refractivity contribution >= 4 is 49.6 Å². The number of aromatic nitrogens is 1. The second kappa shape index (κ2) is 18.4. The molecule has 0 aliphatic heterocycles. The van der Waals surface area contributed by atoms with Gasteiger partial charge in [-0.1, -0.05) is 218 Å². The Morgan fingerprint density at radius 3 is 1.06 bits per heavy atom. The van der Waals surface area contributed by atoms with Gasteiger partial charge >= 0.3 is 0 Å². The Labute approximate surface area is 420 Å². The fraction of sp³-hybridized carbons (Fsp3) is 0. The standard InChI is InChI=1S/C70H48N2/c1-2-12-49(13-3-1)51-24-26-52(27-25-51)54-34-40-63(41-35-54)71(65-44-38-57(39-45-65)59-16-10-17-60(46-59)62-33-32-50-14-4-5-15-58(50)47-62)64-42-36-55(37-43-64)53-28-30-56(31-29-53)61-18-11-19-66(48-61)72-69-22-8-6-20-67(69)68-21-7-9-23-70(68)72/h1-48H. The van der Waals surface area contributed by atoms with Crippen LogP contribution in [-0.2, 0) is 0 Å². The minimum absolute atomic E-state index is 1.09. The van der Waals surface area contributed by atoms with Gasteiger partial charge in [-0.3, -0.25) is 0 Å². The molecular weight excluding hydrogens is 869 g/mol.